The first kappa shape index (κ1) is 18.0. The van der Waals surface area contributed by atoms with E-state index in [0.29, 0.717) is 6.07 Å². The summed E-state index contributed by atoms with van der Waals surface area (Å²) in [6, 6.07) is 5.90. The lowest BCUT2D eigenvalue weighted by Crippen LogP contribution is -2.15. The Balaban J connectivity index is 2.09. The number of hydrogen-bond acceptors (Lipinski definition) is 6. The summed E-state index contributed by atoms with van der Waals surface area (Å²) in [5.41, 5.74) is -0.776. The summed E-state index contributed by atoms with van der Waals surface area (Å²) in [4.78, 5) is 33.9. The van der Waals surface area contributed by atoms with Crippen LogP contribution in [0.3, 0.4) is 0 Å². The Morgan fingerprint density at radius 2 is 1.76 bits per heavy atom. The van der Waals surface area contributed by atoms with Crippen LogP contribution in [-0.2, 0) is 4.74 Å². The third-order valence-corrected chi connectivity index (χ3v) is 3.19. The van der Waals surface area contributed by atoms with Gasteiger partial charge in [0.1, 0.15) is 0 Å². The molecule has 0 saturated heterocycles. The minimum atomic E-state index is -1.21. The maximum Gasteiger partial charge on any atom is 0.338 e. The highest BCUT2D eigenvalue weighted by Crippen LogP contribution is 2.27. The number of methoxy groups -OCH3 is 1. The van der Waals surface area contributed by atoms with Crippen molar-refractivity contribution in [3.05, 3.63) is 69.3 Å². The highest BCUT2D eigenvalue weighted by atomic mass is 19.2. The van der Waals surface area contributed by atoms with Crippen LogP contribution >= 0.6 is 0 Å². The van der Waals surface area contributed by atoms with Gasteiger partial charge in [-0.25, -0.2) is 13.6 Å². The van der Waals surface area contributed by atoms with E-state index in [4.69, 9.17) is 9.47 Å². The van der Waals surface area contributed by atoms with Crippen molar-refractivity contribution < 1.29 is 32.8 Å². The number of hydrogen-bond donors (Lipinski definition) is 0. The molecule has 0 fully saturated rings. The molecule has 0 saturated carbocycles. The van der Waals surface area contributed by atoms with Gasteiger partial charge in [0.2, 0.25) is 0 Å². The summed E-state index contributed by atoms with van der Waals surface area (Å²) >= 11 is 0. The van der Waals surface area contributed by atoms with Gasteiger partial charge in [0.15, 0.2) is 29.8 Å². The quantitative estimate of drug-likeness (QED) is 0.344. The van der Waals surface area contributed by atoms with Crippen molar-refractivity contribution in [3.8, 4) is 5.75 Å². The predicted molar refractivity (Wildman–Crippen MR) is 80.6 cm³/mol. The topological polar surface area (TPSA) is 95.7 Å². The number of nitro groups is 1. The first-order valence-corrected chi connectivity index (χ1v) is 6.81. The van der Waals surface area contributed by atoms with E-state index >= 15 is 0 Å². The van der Waals surface area contributed by atoms with Crippen molar-refractivity contribution in [1.82, 2.24) is 0 Å². The number of benzene rings is 2. The maximum atomic E-state index is 13.1. The summed E-state index contributed by atoms with van der Waals surface area (Å²) in [5.74, 6) is -4.10. The number of nitrogens with zero attached hydrogens (tertiary/aromatic N) is 1. The monoisotopic (exact) mass is 351 g/mol. The van der Waals surface area contributed by atoms with Crippen LogP contribution in [0.25, 0.3) is 0 Å². The number of ketones is 1. The number of ether oxygens (including phenoxy) is 2. The van der Waals surface area contributed by atoms with Crippen LogP contribution in [0.5, 0.6) is 5.75 Å². The molecular formula is C16H11F2NO6. The van der Waals surface area contributed by atoms with Crippen LogP contribution in [0.1, 0.15) is 20.7 Å². The van der Waals surface area contributed by atoms with Gasteiger partial charge < -0.3 is 9.47 Å². The number of halogens is 2. The van der Waals surface area contributed by atoms with Crippen LogP contribution in [0.15, 0.2) is 36.4 Å². The Morgan fingerprint density at radius 3 is 2.36 bits per heavy atom. The van der Waals surface area contributed by atoms with E-state index in [1.54, 1.807) is 0 Å². The molecule has 0 aliphatic rings. The zero-order valence-electron chi connectivity index (χ0n) is 12.8. The fourth-order valence-electron chi connectivity index (χ4n) is 1.93. The minimum absolute atomic E-state index is 0.0422. The van der Waals surface area contributed by atoms with Crippen molar-refractivity contribution in [1.29, 1.82) is 0 Å². The second-order valence-electron chi connectivity index (χ2n) is 4.77. The molecule has 130 valence electrons. The van der Waals surface area contributed by atoms with Crippen LogP contribution in [0.4, 0.5) is 14.5 Å². The van der Waals surface area contributed by atoms with E-state index in [2.05, 4.69) is 0 Å². The van der Waals surface area contributed by atoms with Gasteiger partial charge in [-0.2, -0.15) is 0 Å². The van der Waals surface area contributed by atoms with E-state index in [-0.39, 0.29) is 16.9 Å². The number of Topliss-reactive ketones (excluding diaryl/α,β-unsaturated/α-hetero) is 1. The minimum Gasteiger partial charge on any atom is -0.490 e. The van der Waals surface area contributed by atoms with Crippen LogP contribution in [-0.4, -0.2) is 30.4 Å². The number of carbonyl (C=O) groups is 2. The molecule has 0 aliphatic heterocycles. The molecule has 2 aromatic carbocycles. The molecule has 2 aromatic rings. The Kier molecular flexibility index (Phi) is 5.38. The Hall–Kier alpha value is -3.36. The molecule has 0 N–H and O–H groups in total. The van der Waals surface area contributed by atoms with Crippen LogP contribution in [0.2, 0.25) is 0 Å². The Labute approximate surface area is 139 Å². The molecule has 7 nitrogen and oxygen atoms in total. The van der Waals surface area contributed by atoms with Crippen molar-refractivity contribution in [2.45, 2.75) is 0 Å². The SMILES string of the molecule is COc1ccc(C(=O)OCC(=O)c2ccc(F)c(F)c2)cc1[N+](=O)[O-]. The van der Waals surface area contributed by atoms with Gasteiger partial charge in [0.05, 0.1) is 17.6 Å². The van der Waals surface area contributed by atoms with E-state index in [0.717, 1.165) is 18.2 Å². The second kappa shape index (κ2) is 7.47. The number of esters is 1. The van der Waals surface area contributed by atoms with Crippen molar-refractivity contribution in [2.24, 2.45) is 0 Å². The number of carbonyl (C=O) groups excluding carboxylic acids is 2. The zero-order chi connectivity index (χ0) is 18.6. The average molecular weight is 351 g/mol. The summed E-state index contributed by atoms with van der Waals surface area (Å²) in [6.45, 7) is -0.732. The summed E-state index contributed by atoms with van der Waals surface area (Å²) in [5, 5.41) is 10.9. The van der Waals surface area contributed by atoms with E-state index in [1.807, 2.05) is 0 Å². The van der Waals surface area contributed by atoms with Crippen LogP contribution in [0, 0.1) is 21.7 Å². The molecule has 0 amide bonds. The molecule has 0 aromatic heterocycles. The predicted octanol–water partition coefficient (Wildman–Crippen LogP) is 2.92. The molecule has 0 unspecified atom stereocenters. The lowest BCUT2D eigenvalue weighted by molar-refractivity contribution is -0.385. The van der Waals surface area contributed by atoms with Crippen LogP contribution < -0.4 is 4.74 Å². The smallest absolute Gasteiger partial charge is 0.338 e. The van der Waals surface area contributed by atoms with Gasteiger partial charge in [-0.05, 0) is 30.3 Å². The second-order valence-corrected chi connectivity index (χ2v) is 4.77. The van der Waals surface area contributed by atoms with Crippen molar-refractivity contribution in [2.75, 3.05) is 13.7 Å². The molecular weight excluding hydrogens is 340 g/mol. The molecule has 0 radical (unpaired) electrons. The fourth-order valence-corrected chi connectivity index (χ4v) is 1.93. The summed E-state index contributed by atoms with van der Waals surface area (Å²) < 4.78 is 35.5. The molecule has 25 heavy (non-hydrogen) atoms. The van der Waals surface area contributed by atoms with Gasteiger partial charge in [-0.15, -0.1) is 0 Å². The molecule has 0 bridgehead atoms. The largest absolute Gasteiger partial charge is 0.490 e. The van der Waals surface area contributed by atoms with Gasteiger partial charge in [-0.1, -0.05) is 0 Å². The summed E-state index contributed by atoms with van der Waals surface area (Å²) in [7, 11) is 1.24. The van der Waals surface area contributed by atoms with E-state index < -0.39 is 40.6 Å². The standard InChI is InChI=1S/C16H11F2NO6/c1-24-15-5-3-10(7-13(15)19(22)23)16(21)25-8-14(20)9-2-4-11(17)12(18)6-9/h2-7H,8H2,1H3. The van der Waals surface area contributed by atoms with Gasteiger partial charge >= 0.3 is 11.7 Å². The maximum absolute atomic E-state index is 13.1. The molecule has 0 spiro atoms. The average Bonchev–Trinajstić information content (AvgIpc) is 2.60. The van der Waals surface area contributed by atoms with E-state index in [9.17, 15) is 28.5 Å². The highest BCUT2D eigenvalue weighted by Gasteiger charge is 2.20. The number of rotatable bonds is 6. The highest BCUT2D eigenvalue weighted by molar-refractivity contribution is 5.99. The summed E-state index contributed by atoms with van der Waals surface area (Å²) in [6.07, 6.45) is 0. The third-order valence-electron chi connectivity index (χ3n) is 3.19. The molecule has 0 aliphatic carbocycles. The molecule has 9 heteroatoms. The van der Waals surface area contributed by atoms with Gasteiger partial charge in [-0.3, -0.25) is 14.9 Å². The van der Waals surface area contributed by atoms with Crippen molar-refractivity contribution >= 4 is 17.4 Å². The number of nitro benzene ring substituents is 1. The lowest BCUT2D eigenvalue weighted by atomic mass is 10.1. The first-order valence-electron chi connectivity index (χ1n) is 6.81. The Morgan fingerprint density at radius 1 is 1.08 bits per heavy atom. The normalized spacial score (nSPS) is 10.2. The third kappa shape index (κ3) is 4.14. The zero-order valence-corrected chi connectivity index (χ0v) is 12.8. The van der Waals surface area contributed by atoms with Gasteiger partial charge in [0, 0.05) is 11.6 Å². The fraction of sp³-hybridized carbons (Fsp3) is 0.125. The molecule has 0 heterocycles. The van der Waals surface area contributed by atoms with Gasteiger partial charge in [0.25, 0.3) is 0 Å². The molecule has 0 atom stereocenters. The van der Waals surface area contributed by atoms with E-state index in [1.165, 1.54) is 19.2 Å². The molecule has 2 rings (SSSR count). The van der Waals surface area contributed by atoms with Crippen molar-refractivity contribution in [3.63, 3.8) is 0 Å². The Bertz CT molecular complexity index is 853. The first-order chi connectivity index (χ1) is 11.8. The lowest BCUT2D eigenvalue weighted by Gasteiger charge is -2.06.